The van der Waals surface area contributed by atoms with E-state index < -0.39 is 6.10 Å². The number of benzene rings is 1. The van der Waals surface area contributed by atoms with Gasteiger partial charge in [-0.25, -0.2) is 0 Å². The SMILES string of the molecule is COc1cc(Br)c2c3c1O[C@@H]1C[C@H](O)C=C[C@]31CCN(C(=O)CCN1CCCC1)C2. The van der Waals surface area contributed by atoms with Crippen LogP contribution in [0.3, 0.4) is 0 Å². The lowest BCUT2D eigenvalue weighted by atomic mass is 9.69. The summed E-state index contributed by atoms with van der Waals surface area (Å²) < 4.78 is 12.9. The highest BCUT2D eigenvalue weighted by Crippen LogP contribution is 2.57. The van der Waals surface area contributed by atoms with Crippen LogP contribution in [0.4, 0.5) is 0 Å². The molecule has 0 bridgehead atoms. The van der Waals surface area contributed by atoms with E-state index in [9.17, 15) is 9.90 Å². The molecule has 7 heteroatoms. The Kier molecular flexibility index (Phi) is 5.32. The van der Waals surface area contributed by atoms with Crippen molar-refractivity contribution in [2.45, 2.75) is 56.3 Å². The number of hydrogen-bond donors (Lipinski definition) is 1. The van der Waals surface area contributed by atoms with E-state index in [1.165, 1.54) is 12.8 Å². The largest absolute Gasteiger partial charge is 0.493 e. The topological polar surface area (TPSA) is 62.2 Å². The van der Waals surface area contributed by atoms with Crippen LogP contribution in [0, 0.1) is 0 Å². The van der Waals surface area contributed by atoms with Crippen molar-refractivity contribution in [1.82, 2.24) is 9.80 Å². The first-order valence-electron chi connectivity index (χ1n) is 11.0. The molecule has 0 unspecified atom stereocenters. The summed E-state index contributed by atoms with van der Waals surface area (Å²) in [5.74, 6) is 1.68. The molecule has 1 aliphatic carbocycles. The number of aliphatic hydroxyl groups excluding tert-OH is 1. The molecule has 1 aromatic carbocycles. The molecule has 1 saturated heterocycles. The van der Waals surface area contributed by atoms with Gasteiger partial charge in [-0.15, -0.1) is 0 Å². The van der Waals surface area contributed by atoms with Gasteiger partial charge in [0.15, 0.2) is 11.5 Å². The van der Waals surface area contributed by atoms with Gasteiger partial charge in [-0.05, 0) is 44.0 Å². The second kappa shape index (κ2) is 7.84. The Morgan fingerprint density at radius 3 is 2.93 bits per heavy atom. The summed E-state index contributed by atoms with van der Waals surface area (Å²) in [6.45, 7) is 4.32. The highest BCUT2D eigenvalue weighted by atomic mass is 79.9. The van der Waals surface area contributed by atoms with E-state index in [0.29, 0.717) is 31.7 Å². The van der Waals surface area contributed by atoms with E-state index in [-0.39, 0.29) is 17.4 Å². The third-order valence-corrected chi connectivity index (χ3v) is 7.94. The predicted octanol–water partition coefficient (Wildman–Crippen LogP) is 3.00. The molecular weight excluding hydrogens is 448 g/mol. The van der Waals surface area contributed by atoms with Crippen molar-refractivity contribution in [2.24, 2.45) is 0 Å². The molecule has 4 aliphatic rings. The minimum absolute atomic E-state index is 0.144. The van der Waals surface area contributed by atoms with Crippen LogP contribution < -0.4 is 9.47 Å². The van der Waals surface area contributed by atoms with Crippen LogP contribution in [-0.2, 0) is 16.8 Å². The van der Waals surface area contributed by atoms with Crippen LogP contribution in [0.5, 0.6) is 11.5 Å². The van der Waals surface area contributed by atoms with Crippen LogP contribution in [0.25, 0.3) is 0 Å². The number of hydrogen-bond acceptors (Lipinski definition) is 5. The van der Waals surface area contributed by atoms with E-state index in [1.807, 2.05) is 17.0 Å². The fourth-order valence-corrected chi connectivity index (χ4v) is 6.12. The Morgan fingerprint density at radius 2 is 2.17 bits per heavy atom. The van der Waals surface area contributed by atoms with Crippen molar-refractivity contribution in [3.8, 4) is 11.5 Å². The zero-order chi connectivity index (χ0) is 20.9. The lowest BCUT2D eigenvalue weighted by Crippen LogP contribution is -2.43. The van der Waals surface area contributed by atoms with E-state index in [0.717, 1.165) is 47.4 Å². The van der Waals surface area contributed by atoms with Gasteiger partial charge < -0.3 is 24.4 Å². The maximum atomic E-state index is 13.1. The molecule has 30 heavy (non-hydrogen) atoms. The molecule has 0 saturated carbocycles. The van der Waals surface area contributed by atoms with Gasteiger partial charge in [0.25, 0.3) is 0 Å². The van der Waals surface area contributed by atoms with Crippen molar-refractivity contribution in [3.05, 3.63) is 33.8 Å². The first kappa shape index (κ1) is 20.3. The molecule has 3 heterocycles. The van der Waals surface area contributed by atoms with Crippen LogP contribution in [0.2, 0.25) is 0 Å². The van der Waals surface area contributed by atoms with Crippen molar-refractivity contribution < 1.29 is 19.4 Å². The summed E-state index contributed by atoms with van der Waals surface area (Å²) in [5.41, 5.74) is 1.89. The van der Waals surface area contributed by atoms with Crippen LogP contribution in [-0.4, -0.2) is 66.3 Å². The number of methoxy groups -OCH3 is 1. The molecule has 3 atom stereocenters. The maximum Gasteiger partial charge on any atom is 0.224 e. The lowest BCUT2D eigenvalue weighted by molar-refractivity contribution is -0.132. The number of likely N-dealkylation sites (tertiary alicyclic amines) is 1. The van der Waals surface area contributed by atoms with E-state index in [2.05, 4.69) is 26.9 Å². The number of nitrogens with zero attached hydrogens (tertiary/aromatic N) is 2. The van der Waals surface area contributed by atoms with E-state index in [4.69, 9.17) is 9.47 Å². The van der Waals surface area contributed by atoms with Gasteiger partial charge in [0.2, 0.25) is 5.91 Å². The highest BCUT2D eigenvalue weighted by Gasteiger charge is 2.53. The van der Waals surface area contributed by atoms with Gasteiger partial charge in [0.1, 0.15) is 6.10 Å². The molecule has 1 fully saturated rings. The van der Waals surface area contributed by atoms with Crippen molar-refractivity contribution in [3.63, 3.8) is 0 Å². The standard InChI is InChI=1S/C23H29BrN2O4/c1-29-18-13-17(24)16-14-26(20(28)5-10-25-8-2-3-9-25)11-7-23-6-4-15(27)12-19(23)30-22(18)21(16)23/h4,6,13,15,19,27H,2-3,5,7-12,14H2,1H3/t15-,19-,23-/m1/s1. The van der Waals surface area contributed by atoms with Crippen LogP contribution in [0.15, 0.2) is 22.7 Å². The molecule has 6 nitrogen and oxygen atoms in total. The van der Waals surface area contributed by atoms with E-state index >= 15 is 0 Å². The Labute approximate surface area is 185 Å². The van der Waals surface area contributed by atoms with Gasteiger partial charge in [0, 0.05) is 42.5 Å². The second-order valence-electron chi connectivity index (χ2n) is 8.92. The number of carbonyl (C=O) groups excluding carboxylic acids is 1. The number of carbonyl (C=O) groups is 1. The third-order valence-electron chi connectivity index (χ3n) is 7.23. The van der Waals surface area contributed by atoms with Crippen molar-refractivity contribution in [1.29, 1.82) is 0 Å². The molecule has 0 aromatic heterocycles. The number of ether oxygens (including phenoxy) is 2. The number of amides is 1. The van der Waals surface area contributed by atoms with Crippen molar-refractivity contribution >= 4 is 21.8 Å². The fraction of sp³-hybridized carbons (Fsp3) is 0.609. The monoisotopic (exact) mass is 476 g/mol. The molecule has 5 rings (SSSR count). The maximum absolute atomic E-state index is 13.1. The minimum atomic E-state index is -0.505. The Balaban J connectivity index is 1.48. The molecule has 3 aliphatic heterocycles. The van der Waals surface area contributed by atoms with Crippen molar-refractivity contribution in [2.75, 3.05) is 33.3 Å². The van der Waals surface area contributed by atoms with Gasteiger partial charge in [-0.3, -0.25) is 4.79 Å². The summed E-state index contributed by atoms with van der Waals surface area (Å²) in [6, 6.07) is 1.94. The zero-order valence-electron chi connectivity index (χ0n) is 17.4. The average molecular weight is 477 g/mol. The average Bonchev–Trinajstić information content (AvgIpc) is 3.32. The zero-order valence-corrected chi connectivity index (χ0v) is 19.0. The Bertz CT molecular complexity index is 882. The molecule has 162 valence electrons. The van der Waals surface area contributed by atoms with Gasteiger partial charge in [-0.2, -0.15) is 0 Å². The number of rotatable bonds is 4. The summed E-state index contributed by atoms with van der Waals surface area (Å²) in [5, 5.41) is 10.2. The summed E-state index contributed by atoms with van der Waals surface area (Å²) in [6.07, 6.45) is 7.74. The fourth-order valence-electron chi connectivity index (χ4n) is 5.59. The van der Waals surface area contributed by atoms with Gasteiger partial charge in [-0.1, -0.05) is 28.1 Å². The molecule has 1 aromatic rings. The molecule has 1 amide bonds. The number of halogens is 1. The molecule has 0 radical (unpaired) electrons. The van der Waals surface area contributed by atoms with Crippen LogP contribution in [0.1, 0.15) is 43.2 Å². The normalized spacial score (nSPS) is 29.9. The van der Waals surface area contributed by atoms with E-state index in [1.54, 1.807) is 7.11 Å². The van der Waals surface area contributed by atoms with Gasteiger partial charge in [0.05, 0.1) is 18.6 Å². The van der Waals surface area contributed by atoms with Crippen LogP contribution >= 0.6 is 15.9 Å². The molecule has 1 spiro atoms. The Morgan fingerprint density at radius 1 is 1.37 bits per heavy atom. The third kappa shape index (κ3) is 3.26. The summed E-state index contributed by atoms with van der Waals surface area (Å²) in [7, 11) is 1.65. The highest BCUT2D eigenvalue weighted by molar-refractivity contribution is 9.10. The molecule has 1 N–H and O–H groups in total. The quantitative estimate of drug-likeness (QED) is 0.676. The first-order valence-corrected chi connectivity index (χ1v) is 11.7. The first-order chi connectivity index (χ1) is 14.5. The molecular formula is C23H29BrN2O4. The second-order valence-corrected chi connectivity index (χ2v) is 9.77. The lowest BCUT2D eigenvalue weighted by Gasteiger charge is -2.35. The predicted molar refractivity (Wildman–Crippen MR) is 117 cm³/mol. The smallest absolute Gasteiger partial charge is 0.224 e. The number of aliphatic hydroxyl groups is 1. The summed E-state index contributed by atoms with van der Waals surface area (Å²) >= 11 is 3.74. The minimum Gasteiger partial charge on any atom is -0.493 e. The van der Waals surface area contributed by atoms with Gasteiger partial charge >= 0.3 is 0 Å². The summed E-state index contributed by atoms with van der Waals surface area (Å²) in [4.78, 5) is 17.5. The Hall–Kier alpha value is -1.57.